The van der Waals surface area contributed by atoms with E-state index in [0.717, 1.165) is 57.1 Å². The third-order valence-corrected chi connectivity index (χ3v) is 7.68. The number of hydrogen-bond donors (Lipinski definition) is 2. The van der Waals surface area contributed by atoms with Crippen LogP contribution < -0.4 is 15.2 Å². The van der Waals surface area contributed by atoms with Crippen molar-refractivity contribution in [3.05, 3.63) is 47.8 Å². The zero-order valence-electron chi connectivity index (χ0n) is 22.7. The van der Waals surface area contributed by atoms with Crippen molar-refractivity contribution < 1.29 is 37.3 Å². The number of amides is 1. The third-order valence-electron chi connectivity index (χ3n) is 7.68. The van der Waals surface area contributed by atoms with E-state index in [9.17, 15) is 18.0 Å². The van der Waals surface area contributed by atoms with Gasteiger partial charge in [-0.05, 0) is 76.2 Å². The SMILES string of the molecule is CC1(C)COc2c(CN3CCC4(CC3)CCN(C(=O)c3ccc(N)cn3)CC4)cccc2O1.O=C(O)C(F)(F)F. The van der Waals surface area contributed by atoms with E-state index >= 15 is 0 Å². The quantitative estimate of drug-likeness (QED) is 0.565. The van der Waals surface area contributed by atoms with Crippen LogP contribution in [0.3, 0.4) is 0 Å². The average molecular weight is 565 g/mol. The Bertz CT molecular complexity index is 1200. The number of aliphatic carboxylic acids is 1. The average Bonchev–Trinajstić information content (AvgIpc) is 2.90. The minimum Gasteiger partial charge on any atom is -0.485 e. The van der Waals surface area contributed by atoms with Crippen LogP contribution in [0, 0.1) is 5.41 Å². The number of rotatable bonds is 3. The van der Waals surface area contributed by atoms with Gasteiger partial charge >= 0.3 is 12.1 Å². The van der Waals surface area contributed by atoms with E-state index < -0.39 is 12.1 Å². The largest absolute Gasteiger partial charge is 0.490 e. The fourth-order valence-corrected chi connectivity index (χ4v) is 5.31. The zero-order chi connectivity index (χ0) is 29.1. The number of carboxylic acids is 1. The molecular weight excluding hydrogens is 529 g/mol. The Morgan fingerprint density at radius 1 is 1.05 bits per heavy atom. The van der Waals surface area contributed by atoms with Crippen LogP contribution in [0.2, 0.25) is 0 Å². The number of ether oxygens (including phenoxy) is 2. The number of pyridine rings is 1. The molecule has 2 fully saturated rings. The van der Waals surface area contributed by atoms with Gasteiger partial charge in [-0.3, -0.25) is 9.69 Å². The molecule has 0 aliphatic carbocycles. The molecule has 1 aromatic carbocycles. The normalized spacial score (nSPS) is 19.9. The molecule has 2 saturated heterocycles. The maximum atomic E-state index is 12.8. The molecule has 1 aromatic heterocycles. The van der Waals surface area contributed by atoms with E-state index in [-0.39, 0.29) is 11.5 Å². The second-order valence-corrected chi connectivity index (χ2v) is 11.2. The van der Waals surface area contributed by atoms with Crippen LogP contribution >= 0.6 is 0 Å². The molecule has 5 rings (SSSR count). The highest BCUT2D eigenvalue weighted by molar-refractivity contribution is 5.92. The molecule has 218 valence electrons. The van der Waals surface area contributed by atoms with Gasteiger partial charge in [-0.25, -0.2) is 9.78 Å². The van der Waals surface area contributed by atoms with Gasteiger partial charge in [-0.15, -0.1) is 0 Å². The monoisotopic (exact) mass is 564 g/mol. The standard InChI is InChI=1S/C26H34N4O3.C2HF3O2/c1-25(2)18-32-23-19(4-3-5-22(23)33-25)17-29-12-8-26(9-13-29)10-14-30(15-11-26)24(31)21-7-6-20(27)16-28-21;3-2(4,5)1(6)7/h3-7,16H,8-15,17-18,27H2,1-2H3;(H,6,7). The predicted molar refractivity (Wildman–Crippen MR) is 141 cm³/mol. The van der Waals surface area contributed by atoms with Crippen molar-refractivity contribution in [3.63, 3.8) is 0 Å². The Balaban J connectivity index is 0.000000470. The molecule has 1 amide bonds. The predicted octanol–water partition coefficient (Wildman–Crippen LogP) is 4.37. The number of anilines is 1. The van der Waals surface area contributed by atoms with Crippen molar-refractivity contribution in [1.29, 1.82) is 0 Å². The second-order valence-electron chi connectivity index (χ2n) is 11.2. The molecule has 0 radical (unpaired) electrons. The number of aromatic nitrogens is 1. The third kappa shape index (κ3) is 7.15. The first-order chi connectivity index (χ1) is 18.8. The summed E-state index contributed by atoms with van der Waals surface area (Å²) < 4.78 is 44.0. The summed E-state index contributed by atoms with van der Waals surface area (Å²) in [5.41, 5.74) is 8.02. The maximum absolute atomic E-state index is 12.8. The number of fused-ring (bicyclic) bond motifs is 1. The Hall–Kier alpha value is -3.54. The van der Waals surface area contributed by atoms with Crippen LogP contribution in [0.1, 0.15) is 55.6 Å². The number of nitrogen functional groups attached to an aromatic ring is 1. The van der Waals surface area contributed by atoms with Crippen molar-refractivity contribution >= 4 is 17.6 Å². The lowest BCUT2D eigenvalue weighted by Crippen LogP contribution is -2.48. The highest BCUT2D eigenvalue weighted by Crippen LogP contribution is 2.43. The van der Waals surface area contributed by atoms with Gasteiger partial charge in [-0.1, -0.05) is 12.1 Å². The number of carbonyl (C=O) groups excluding carboxylic acids is 1. The number of hydrogen-bond acceptors (Lipinski definition) is 7. The van der Waals surface area contributed by atoms with Gasteiger partial charge in [0.2, 0.25) is 0 Å². The number of likely N-dealkylation sites (tertiary alicyclic amines) is 2. The Labute approximate surface area is 231 Å². The summed E-state index contributed by atoms with van der Waals surface area (Å²) in [4.78, 5) is 30.4. The van der Waals surface area contributed by atoms with E-state index in [0.29, 0.717) is 23.4 Å². The summed E-state index contributed by atoms with van der Waals surface area (Å²) in [6.45, 7) is 9.32. The number of carbonyl (C=O) groups is 2. The van der Waals surface area contributed by atoms with Crippen LogP contribution in [-0.4, -0.2) is 76.3 Å². The number of halogens is 3. The van der Waals surface area contributed by atoms with E-state index in [4.69, 9.17) is 25.1 Å². The number of nitrogens with two attached hydrogens (primary N) is 1. The number of alkyl halides is 3. The smallest absolute Gasteiger partial charge is 0.485 e. The highest BCUT2D eigenvalue weighted by atomic mass is 19.4. The first kappa shape index (κ1) is 29.4. The lowest BCUT2D eigenvalue weighted by molar-refractivity contribution is -0.192. The summed E-state index contributed by atoms with van der Waals surface area (Å²) in [6, 6.07) is 9.68. The molecule has 12 heteroatoms. The van der Waals surface area contributed by atoms with Crippen LogP contribution in [-0.2, 0) is 11.3 Å². The summed E-state index contributed by atoms with van der Waals surface area (Å²) in [7, 11) is 0. The molecule has 9 nitrogen and oxygen atoms in total. The van der Waals surface area contributed by atoms with Crippen molar-refractivity contribution in [3.8, 4) is 11.5 Å². The first-order valence-electron chi connectivity index (χ1n) is 13.2. The van der Waals surface area contributed by atoms with E-state index in [2.05, 4.69) is 35.9 Å². The van der Waals surface area contributed by atoms with Crippen molar-refractivity contribution in [2.45, 2.75) is 57.9 Å². The van der Waals surface area contributed by atoms with Gasteiger partial charge in [0, 0.05) is 25.2 Å². The Morgan fingerprint density at radius 2 is 1.68 bits per heavy atom. The fraction of sp³-hybridized carbons (Fsp3) is 0.536. The molecule has 0 bridgehead atoms. The van der Waals surface area contributed by atoms with E-state index in [1.807, 2.05) is 11.0 Å². The van der Waals surface area contributed by atoms with Gasteiger partial charge < -0.3 is 25.2 Å². The van der Waals surface area contributed by atoms with E-state index in [1.54, 1.807) is 18.3 Å². The van der Waals surface area contributed by atoms with Gasteiger partial charge in [0.25, 0.3) is 5.91 Å². The molecule has 3 aliphatic rings. The van der Waals surface area contributed by atoms with Crippen LogP contribution in [0.15, 0.2) is 36.5 Å². The van der Waals surface area contributed by atoms with Crippen LogP contribution in [0.4, 0.5) is 18.9 Å². The minimum absolute atomic E-state index is 0.0153. The summed E-state index contributed by atoms with van der Waals surface area (Å²) in [5, 5.41) is 7.12. The van der Waals surface area contributed by atoms with Crippen molar-refractivity contribution in [1.82, 2.24) is 14.8 Å². The van der Waals surface area contributed by atoms with Gasteiger partial charge in [-0.2, -0.15) is 13.2 Å². The molecule has 0 saturated carbocycles. The summed E-state index contributed by atoms with van der Waals surface area (Å²) >= 11 is 0. The second kappa shape index (κ2) is 11.5. The number of para-hydroxylation sites is 1. The van der Waals surface area contributed by atoms with Gasteiger partial charge in [0.15, 0.2) is 11.5 Å². The number of nitrogens with zero attached hydrogens (tertiary/aromatic N) is 3. The maximum Gasteiger partial charge on any atom is 0.490 e. The molecule has 3 aliphatic heterocycles. The highest BCUT2D eigenvalue weighted by Gasteiger charge is 2.40. The van der Waals surface area contributed by atoms with Gasteiger partial charge in [0.1, 0.15) is 17.9 Å². The molecule has 40 heavy (non-hydrogen) atoms. The molecule has 0 atom stereocenters. The molecular formula is C28H35F3N4O5. The van der Waals surface area contributed by atoms with Crippen LogP contribution in [0.25, 0.3) is 0 Å². The Kier molecular flexibility index (Phi) is 8.48. The lowest BCUT2D eigenvalue weighted by atomic mass is 9.71. The van der Waals surface area contributed by atoms with Crippen molar-refractivity contribution in [2.24, 2.45) is 5.41 Å². The lowest BCUT2D eigenvalue weighted by Gasteiger charge is -2.47. The minimum atomic E-state index is -5.08. The van der Waals surface area contributed by atoms with Crippen molar-refractivity contribution in [2.75, 3.05) is 38.5 Å². The summed E-state index contributed by atoms with van der Waals surface area (Å²) in [5.74, 6) is -0.987. The van der Waals surface area contributed by atoms with Crippen LogP contribution in [0.5, 0.6) is 11.5 Å². The van der Waals surface area contributed by atoms with E-state index in [1.165, 1.54) is 18.4 Å². The topological polar surface area (TPSA) is 118 Å². The fourth-order valence-electron chi connectivity index (χ4n) is 5.31. The Morgan fingerprint density at radius 3 is 2.25 bits per heavy atom. The number of benzene rings is 1. The molecule has 0 unspecified atom stereocenters. The molecule has 3 N–H and O–H groups in total. The number of carboxylic acid groups (broad SMARTS) is 1. The first-order valence-corrected chi connectivity index (χ1v) is 13.2. The molecule has 1 spiro atoms. The molecule has 4 heterocycles. The molecule has 2 aromatic rings. The summed E-state index contributed by atoms with van der Waals surface area (Å²) in [6.07, 6.45) is 0.946. The van der Waals surface area contributed by atoms with Gasteiger partial charge in [0.05, 0.1) is 11.9 Å². The zero-order valence-corrected chi connectivity index (χ0v) is 22.7. The number of piperidine rings is 2.